The van der Waals surface area contributed by atoms with E-state index in [1.165, 1.54) is 13.2 Å². The maximum absolute atomic E-state index is 12.0. The van der Waals surface area contributed by atoms with Crippen molar-refractivity contribution in [3.05, 3.63) is 28.5 Å². The van der Waals surface area contributed by atoms with Gasteiger partial charge in [-0.15, -0.1) is 0 Å². The van der Waals surface area contributed by atoms with Crippen molar-refractivity contribution in [2.45, 2.75) is 25.8 Å². The molecule has 6 nitrogen and oxygen atoms in total. The first-order valence-electron chi connectivity index (χ1n) is 6.17. The van der Waals surface area contributed by atoms with Gasteiger partial charge in [0.1, 0.15) is 5.15 Å². The van der Waals surface area contributed by atoms with E-state index in [-0.39, 0.29) is 10.7 Å². The second kappa shape index (κ2) is 7.81. The lowest BCUT2D eigenvalue weighted by Crippen LogP contribution is -2.44. The Bertz CT molecular complexity index is 493. The summed E-state index contributed by atoms with van der Waals surface area (Å²) < 4.78 is 4.47. The van der Waals surface area contributed by atoms with Crippen LogP contribution in [-0.2, 0) is 16.0 Å². The summed E-state index contributed by atoms with van der Waals surface area (Å²) in [5, 5.41) is 11.7. The van der Waals surface area contributed by atoms with E-state index in [1.54, 1.807) is 6.07 Å². The number of hydrogen-bond acceptors (Lipinski definition) is 5. The third kappa shape index (κ3) is 4.47. The molecule has 2 N–H and O–H groups in total. The molecule has 110 valence electrons. The maximum atomic E-state index is 12.0. The Morgan fingerprint density at radius 2 is 2.20 bits per heavy atom. The fraction of sp³-hybridized carbons (Fsp3) is 0.462. The predicted molar refractivity (Wildman–Crippen MR) is 73.6 cm³/mol. The number of aromatic nitrogens is 1. The Morgan fingerprint density at radius 1 is 1.50 bits per heavy atom. The number of carbonyl (C=O) groups is 2. The monoisotopic (exact) mass is 300 g/mol. The van der Waals surface area contributed by atoms with Gasteiger partial charge in [-0.3, -0.25) is 4.79 Å². The molecule has 1 aromatic heterocycles. The van der Waals surface area contributed by atoms with Gasteiger partial charge < -0.3 is 15.2 Å². The quantitative estimate of drug-likeness (QED) is 0.603. The van der Waals surface area contributed by atoms with Crippen LogP contribution in [0, 0.1) is 0 Å². The Labute approximate surface area is 122 Å². The lowest BCUT2D eigenvalue weighted by Gasteiger charge is -2.14. The first kappa shape index (κ1) is 16.4. The highest BCUT2D eigenvalue weighted by molar-refractivity contribution is 6.29. The number of halogens is 1. The van der Waals surface area contributed by atoms with E-state index in [4.69, 9.17) is 16.7 Å². The molecule has 0 spiro atoms. The van der Waals surface area contributed by atoms with Gasteiger partial charge in [0.15, 0.2) is 6.04 Å². The molecular formula is C13H17ClN2O4. The van der Waals surface area contributed by atoms with Crippen LogP contribution < -0.4 is 5.32 Å². The molecule has 1 unspecified atom stereocenters. The summed E-state index contributed by atoms with van der Waals surface area (Å²) in [6.45, 7) is 1.44. The zero-order valence-electron chi connectivity index (χ0n) is 11.4. The summed E-state index contributed by atoms with van der Waals surface area (Å²) in [5.74, 6) is -1.23. The molecule has 0 saturated heterocycles. The third-order valence-electron chi connectivity index (χ3n) is 2.59. The molecule has 0 saturated carbocycles. The van der Waals surface area contributed by atoms with Gasteiger partial charge in [-0.05, 0) is 18.6 Å². The maximum Gasteiger partial charge on any atom is 0.330 e. The normalized spacial score (nSPS) is 11.8. The lowest BCUT2D eigenvalue weighted by molar-refractivity contribution is -0.143. The van der Waals surface area contributed by atoms with Crippen molar-refractivity contribution in [1.82, 2.24) is 10.3 Å². The van der Waals surface area contributed by atoms with Crippen molar-refractivity contribution in [1.29, 1.82) is 0 Å². The number of methoxy groups -OCH3 is 1. The van der Waals surface area contributed by atoms with Crippen LogP contribution in [0.15, 0.2) is 12.1 Å². The standard InChI is InChI=1S/C13H17ClN2O4/c1-3-4-9-5-8(6-11(14)15-9)12(18)16-10(7-17)13(19)20-2/h5-6,10,17H,3-4,7H2,1-2H3,(H,16,18). The average Bonchev–Trinajstić information content (AvgIpc) is 2.43. The van der Waals surface area contributed by atoms with Crippen molar-refractivity contribution >= 4 is 23.5 Å². The molecule has 0 aliphatic rings. The summed E-state index contributed by atoms with van der Waals surface area (Å²) in [5.41, 5.74) is 0.986. The average molecular weight is 301 g/mol. The zero-order chi connectivity index (χ0) is 15.1. The van der Waals surface area contributed by atoms with Crippen molar-refractivity contribution in [3.8, 4) is 0 Å². The van der Waals surface area contributed by atoms with E-state index >= 15 is 0 Å². The van der Waals surface area contributed by atoms with Gasteiger partial charge in [-0.25, -0.2) is 9.78 Å². The van der Waals surface area contributed by atoms with Gasteiger partial charge in [-0.2, -0.15) is 0 Å². The molecular weight excluding hydrogens is 284 g/mol. The number of rotatable bonds is 6. The van der Waals surface area contributed by atoms with E-state index in [9.17, 15) is 9.59 Å². The number of carbonyl (C=O) groups excluding carboxylic acids is 2. The van der Waals surface area contributed by atoms with E-state index in [2.05, 4.69) is 15.0 Å². The number of aliphatic hydroxyl groups excluding tert-OH is 1. The van der Waals surface area contributed by atoms with Crippen molar-refractivity contribution < 1.29 is 19.4 Å². The Balaban J connectivity index is 2.88. The van der Waals surface area contributed by atoms with E-state index in [1.807, 2.05) is 6.92 Å². The molecule has 0 aliphatic heterocycles. The Kier molecular flexibility index (Phi) is 6.41. The van der Waals surface area contributed by atoms with Gasteiger partial charge >= 0.3 is 5.97 Å². The molecule has 0 aromatic carbocycles. The minimum Gasteiger partial charge on any atom is -0.467 e. The van der Waals surface area contributed by atoms with Gasteiger partial charge in [0, 0.05) is 11.3 Å². The molecule has 1 amide bonds. The number of esters is 1. The summed E-state index contributed by atoms with van der Waals surface area (Å²) in [6.07, 6.45) is 1.57. The molecule has 0 bridgehead atoms. The lowest BCUT2D eigenvalue weighted by atomic mass is 10.1. The number of amides is 1. The number of aliphatic hydroxyl groups is 1. The van der Waals surface area contributed by atoms with Crippen LogP contribution in [-0.4, -0.2) is 41.7 Å². The van der Waals surface area contributed by atoms with Crippen molar-refractivity contribution in [3.63, 3.8) is 0 Å². The minimum absolute atomic E-state index is 0.208. The van der Waals surface area contributed by atoms with Crippen LogP contribution in [0.3, 0.4) is 0 Å². The summed E-state index contributed by atoms with van der Waals surface area (Å²) >= 11 is 5.86. The second-order valence-electron chi connectivity index (χ2n) is 4.15. The van der Waals surface area contributed by atoms with E-state index < -0.39 is 24.5 Å². The van der Waals surface area contributed by atoms with Crippen LogP contribution in [0.25, 0.3) is 0 Å². The van der Waals surface area contributed by atoms with Crippen molar-refractivity contribution in [2.75, 3.05) is 13.7 Å². The van der Waals surface area contributed by atoms with Crippen molar-refractivity contribution in [2.24, 2.45) is 0 Å². The molecule has 1 atom stereocenters. The van der Waals surface area contributed by atoms with Crippen LogP contribution in [0.5, 0.6) is 0 Å². The molecule has 0 aliphatic carbocycles. The molecule has 1 rings (SSSR count). The highest BCUT2D eigenvalue weighted by Gasteiger charge is 2.21. The number of nitrogens with one attached hydrogen (secondary N) is 1. The fourth-order valence-corrected chi connectivity index (χ4v) is 1.86. The van der Waals surface area contributed by atoms with Crippen LogP contribution in [0.4, 0.5) is 0 Å². The number of nitrogens with zero attached hydrogens (tertiary/aromatic N) is 1. The molecule has 1 heterocycles. The molecule has 7 heteroatoms. The Hall–Kier alpha value is -1.66. The smallest absolute Gasteiger partial charge is 0.330 e. The predicted octanol–water partition coefficient (Wildman–Crippen LogP) is 0.951. The van der Waals surface area contributed by atoms with E-state index in [0.717, 1.165) is 6.42 Å². The molecule has 1 aromatic rings. The first-order chi connectivity index (χ1) is 9.51. The topological polar surface area (TPSA) is 88.5 Å². The van der Waals surface area contributed by atoms with Gasteiger partial charge in [-0.1, -0.05) is 24.9 Å². The van der Waals surface area contributed by atoms with Crippen LogP contribution >= 0.6 is 11.6 Å². The Morgan fingerprint density at radius 3 is 2.75 bits per heavy atom. The number of hydrogen-bond donors (Lipinski definition) is 2. The van der Waals surface area contributed by atoms with E-state index in [0.29, 0.717) is 12.1 Å². The van der Waals surface area contributed by atoms with Crippen LogP contribution in [0.2, 0.25) is 5.15 Å². The summed E-state index contributed by atoms with van der Waals surface area (Å²) in [7, 11) is 1.18. The number of pyridine rings is 1. The minimum atomic E-state index is -1.10. The van der Waals surface area contributed by atoms with Gasteiger partial charge in [0.2, 0.25) is 0 Å². The highest BCUT2D eigenvalue weighted by Crippen LogP contribution is 2.12. The number of aryl methyl sites for hydroxylation is 1. The first-order valence-corrected chi connectivity index (χ1v) is 6.55. The van der Waals surface area contributed by atoms with Crippen LogP contribution in [0.1, 0.15) is 29.4 Å². The van der Waals surface area contributed by atoms with Gasteiger partial charge in [0.25, 0.3) is 5.91 Å². The third-order valence-corrected chi connectivity index (χ3v) is 2.78. The molecule has 0 fully saturated rings. The number of ether oxygens (including phenoxy) is 1. The summed E-state index contributed by atoms with van der Waals surface area (Å²) in [6, 6.07) is 1.91. The zero-order valence-corrected chi connectivity index (χ0v) is 12.1. The molecule has 0 radical (unpaired) electrons. The second-order valence-corrected chi connectivity index (χ2v) is 4.54. The fourth-order valence-electron chi connectivity index (χ4n) is 1.63. The SMILES string of the molecule is CCCc1cc(C(=O)NC(CO)C(=O)OC)cc(Cl)n1. The van der Waals surface area contributed by atoms with Gasteiger partial charge in [0.05, 0.1) is 13.7 Å². The highest BCUT2D eigenvalue weighted by atomic mass is 35.5. The molecule has 20 heavy (non-hydrogen) atoms. The summed E-state index contributed by atoms with van der Waals surface area (Å²) in [4.78, 5) is 27.4. The largest absolute Gasteiger partial charge is 0.467 e.